The van der Waals surface area contributed by atoms with Crippen molar-refractivity contribution in [1.82, 2.24) is 0 Å². The lowest BCUT2D eigenvalue weighted by atomic mass is 9.90. The van der Waals surface area contributed by atoms with Crippen LogP contribution >= 0.6 is 0 Å². The first-order chi connectivity index (χ1) is 13.7. The summed E-state index contributed by atoms with van der Waals surface area (Å²) >= 11 is 0. The molecule has 28 heavy (non-hydrogen) atoms. The molecule has 0 aromatic heterocycles. The molecule has 3 nitrogen and oxygen atoms in total. The zero-order valence-electron chi connectivity index (χ0n) is 15.7. The van der Waals surface area contributed by atoms with Crippen LogP contribution in [0.3, 0.4) is 0 Å². The molecule has 0 saturated heterocycles. The van der Waals surface area contributed by atoms with Gasteiger partial charge in [0.1, 0.15) is 18.2 Å². The number of benzene rings is 3. The van der Waals surface area contributed by atoms with Gasteiger partial charge in [-0.05, 0) is 47.7 Å². The third-order valence-corrected chi connectivity index (χ3v) is 5.07. The zero-order valence-corrected chi connectivity index (χ0v) is 15.7. The molecule has 4 heteroatoms. The second kappa shape index (κ2) is 8.55. The molecule has 1 saturated carbocycles. The fourth-order valence-corrected chi connectivity index (χ4v) is 3.30. The maximum absolute atomic E-state index is 14.5. The molecule has 1 fully saturated rings. The van der Waals surface area contributed by atoms with Gasteiger partial charge in [0.15, 0.2) is 0 Å². The quantitative estimate of drug-likeness (QED) is 0.625. The third kappa shape index (κ3) is 4.58. The minimum atomic E-state index is -0.253. The van der Waals surface area contributed by atoms with E-state index in [-0.39, 0.29) is 24.6 Å². The Balaban J connectivity index is 1.41. The summed E-state index contributed by atoms with van der Waals surface area (Å²) in [6, 6.07) is 23.2. The van der Waals surface area contributed by atoms with Crippen LogP contribution in [0.2, 0.25) is 0 Å². The van der Waals surface area contributed by atoms with Crippen molar-refractivity contribution in [3.05, 3.63) is 89.7 Å². The second-order valence-electron chi connectivity index (χ2n) is 7.27. The Hall–Kier alpha value is -2.69. The fraction of sp³-hybridized carbons (Fsp3) is 0.250. The first-order valence-electron chi connectivity index (χ1n) is 9.60. The van der Waals surface area contributed by atoms with Gasteiger partial charge in [-0.2, -0.15) is 0 Å². The molecule has 2 N–H and O–H groups in total. The van der Waals surface area contributed by atoms with Gasteiger partial charge in [0.2, 0.25) is 0 Å². The van der Waals surface area contributed by atoms with Gasteiger partial charge >= 0.3 is 0 Å². The number of ether oxygens (including phenoxy) is 2. The Morgan fingerprint density at radius 2 is 1.64 bits per heavy atom. The first kappa shape index (κ1) is 18.7. The lowest BCUT2D eigenvalue weighted by Gasteiger charge is -2.32. The minimum Gasteiger partial charge on any atom is -0.489 e. The van der Waals surface area contributed by atoms with E-state index in [0.717, 1.165) is 35.3 Å². The molecule has 3 aromatic rings. The van der Waals surface area contributed by atoms with Gasteiger partial charge in [0.05, 0.1) is 12.7 Å². The van der Waals surface area contributed by atoms with Crippen molar-refractivity contribution in [3.63, 3.8) is 0 Å². The van der Waals surface area contributed by atoms with E-state index < -0.39 is 0 Å². The number of rotatable bonds is 7. The Labute approximate surface area is 164 Å². The van der Waals surface area contributed by atoms with E-state index in [4.69, 9.17) is 15.2 Å². The summed E-state index contributed by atoms with van der Waals surface area (Å²) in [6.45, 7) is 0.781. The van der Waals surface area contributed by atoms with Crippen molar-refractivity contribution in [2.24, 2.45) is 5.73 Å². The van der Waals surface area contributed by atoms with Gasteiger partial charge in [0.25, 0.3) is 0 Å². The van der Waals surface area contributed by atoms with Crippen molar-refractivity contribution in [2.75, 3.05) is 0 Å². The summed E-state index contributed by atoms with van der Waals surface area (Å²) in [6.07, 6.45) is 1.87. The highest BCUT2D eigenvalue weighted by molar-refractivity contribution is 5.65. The van der Waals surface area contributed by atoms with Gasteiger partial charge in [-0.1, -0.05) is 54.6 Å². The summed E-state index contributed by atoms with van der Waals surface area (Å²) in [5.41, 5.74) is 9.17. The molecular weight excluding hydrogens is 353 g/mol. The molecular formula is C24H24FNO2. The van der Waals surface area contributed by atoms with E-state index in [1.165, 1.54) is 0 Å². The molecule has 0 bridgehead atoms. The van der Waals surface area contributed by atoms with Crippen molar-refractivity contribution in [1.29, 1.82) is 0 Å². The van der Waals surface area contributed by atoms with Crippen molar-refractivity contribution >= 4 is 0 Å². The molecule has 3 aromatic carbocycles. The van der Waals surface area contributed by atoms with Crippen LogP contribution in [0, 0.1) is 5.82 Å². The predicted octanol–water partition coefficient (Wildman–Crippen LogP) is 5.08. The van der Waals surface area contributed by atoms with E-state index in [1.54, 1.807) is 12.1 Å². The third-order valence-electron chi connectivity index (χ3n) is 5.07. The molecule has 0 radical (unpaired) electrons. The van der Waals surface area contributed by atoms with Gasteiger partial charge in [-0.3, -0.25) is 0 Å². The average molecular weight is 377 g/mol. The molecule has 0 atom stereocenters. The summed E-state index contributed by atoms with van der Waals surface area (Å²) in [4.78, 5) is 0. The van der Waals surface area contributed by atoms with Crippen molar-refractivity contribution in [2.45, 2.75) is 38.2 Å². The van der Waals surface area contributed by atoms with Gasteiger partial charge < -0.3 is 15.2 Å². The highest BCUT2D eigenvalue weighted by atomic mass is 19.1. The number of nitrogens with two attached hydrogens (primary N) is 1. The molecule has 4 rings (SSSR count). The van der Waals surface area contributed by atoms with Crippen LogP contribution < -0.4 is 10.5 Å². The van der Waals surface area contributed by atoms with Crippen LogP contribution in [0.4, 0.5) is 4.39 Å². The Kier molecular flexibility index (Phi) is 5.70. The Morgan fingerprint density at radius 1 is 0.857 bits per heavy atom. The van der Waals surface area contributed by atoms with Crippen molar-refractivity contribution in [3.8, 4) is 16.9 Å². The van der Waals surface area contributed by atoms with Gasteiger partial charge in [0, 0.05) is 11.6 Å². The molecule has 0 spiro atoms. The summed E-state index contributed by atoms with van der Waals surface area (Å²) < 4.78 is 26.1. The standard InChI is InChI=1S/C24H24FNO2/c25-24-12-19(9-10-20(24)16-28-23-13-21(26)14-23)18-7-4-8-22(11-18)27-15-17-5-2-1-3-6-17/h1-12,21,23H,13-16,26H2. The number of halogens is 1. The fourth-order valence-electron chi connectivity index (χ4n) is 3.30. The van der Waals surface area contributed by atoms with Crippen LogP contribution in [0.1, 0.15) is 24.0 Å². The Morgan fingerprint density at radius 3 is 2.39 bits per heavy atom. The summed E-state index contributed by atoms with van der Waals surface area (Å²) in [5.74, 6) is 0.507. The average Bonchev–Trinajstić information content (AvgIpc) is 2.70. The molecule has 0 heterocycles. The topological polar surface area (TPSA) is 44.5 Å². The smallest absolute Gasteiger partial charge is 0.129 e. The molecule has 0 aliphatic heterocycles. The normalized spacial score (nSPS) is 18.5. The zero-order chi connectivity index (χ0) is 19.3. The van der Waals surface area contributed by atoms with E-state index in [1.807, 2.05) is 60.7 Å². The summed E-state index contributed by atoms with van der Waals surface area (Å²) in [7, 11) is 0. The monoisotopic (exact) mass is 377 g/mol. The summed E-state index contributed by atoms with van der Waals surface area (Å²) in [5, 5.41) is 0. The van der Waals surface area contributed by atoms with E-state index >= 15 is 0 Å². The van der Waals surface area contributed by atoms with Gasteiger partial charge in [-0.15, -0.1) is 0 Å². The molecule has 0 unspecified atom stereocenters. The van der Waals surface area contributed by atoms with Crippen LogP contribution in [-0.2, 0) is 18.0 Å². The van der Waals surface area contributed by atoms with Crippen LogP contribution in [-0.4, -0.2) is 12.1 Å². The number of hydrogen-bond acceptors (Lipinski definition) is 3. The molecule has 1 aliphatic carbocycles. The lowest BCUT2D eigenvalue weighted by Crippen LogP contribution is -2.41. The SMILES string of the molecule is NC1CC(OCc2ccc(-c3cccc(OCc4ccccc4)c3)cc2F)C1. The highest BCUT2D eigenvalue weighted by Crippen LogP contribution is 2.27. The lowest BCUT2D eigenvalue weighted by molar-refractivity contribution is -0.0198. The van der Waals surface area contributed by atoms with E-state index in [9.17, 15) is 4.39 Å². The second-order valence-corrected chi connectivity index (χ2v) is 7.27. The molecule has 144 valence electrons. The number of hydrogen-bond donors (Lipinski definition) is 1. The van der Waals surface area contributed by atoms with Crippen LogP contribution in [0.15, 0.2) is 72.8 Å². The van der Waals surface area contributed by atoms with E-state index in [2.05, 4.69) is 0 Å². The van der Waals surface area contributed by atoms with E-state index in [0.29, 0.717) is 12.2 Å². The van der Waals surface area contributed by atoms with Crippen molar-refractivity contribution < 1.29 is 13.9 Å². The largest absolute Gasteiger partial charge is 0.489 e. The minimum absolute atomic E-state index is 0.160. The van der Waals surface area contributed by atoms with Crippen LogP contribution in [0.25, 0.3) is 11.1 Å². The molecule has 0 amide bonds. The predicted molar refractivity (Wildman–Crippen MR) is 108 cm³/mol. The Bertz CT molecular complexity index is 923. The molecule has 1 aliphatic rings. The highest BCUT2D eigenvalue weighted by Gasteiger charge is 2.26. The van der Waals surface area contributed by atoms with Crippen LogP contribution in [0.5, 0.6) is 5.75 Å². The first-order valence-corrected chi connectivity index (χ1v) is 9.60. The van der Waals surface area contributed by atoms with Gasteiger partial charge in [-0.25, -0.2) is 4.39 Å². The maximum atomic E-state index is 14.5. The maximum Gasteiger partial charge on any atom is 0.129 e.